The molecule has 0 bridgehead atoms. The molecule has 144 valence electrons. The number of halogens is 1. The van der Waals surface area contributed by atoms with Crippen molar-refractivity contribution in [2.75, 3.05) is 13.1 Å². The zero-order chi connectivity index (χ0) is 18.3. The standard InChI is InChI=1S/C21H29NO2S.ClH/c1-4-14-22-15-13-18-5-7-19(8-6-18)16-25(23,24)21-11-9-20(10-12-21)17(2)3;/h5-12,17,22H,4,13-16H2,1-3H3;1H. The molecule has 1 N–H and O–H groups in total. The lowest BCUT2D eigenvalue weighted by molar-refractivity contribution is 0.595. The molecule has 5 heteroatoms. The average molecular weight is 396 g/mol. The van der Waals surface area contributed by atoms with Crippen LogP contribution in [0.15, 0.2) is 53.4 Å². The van der Waals surface area contributed by atoms with Crippen molar-refractivity contribution in [1.29, 1.82) is 0 Å². The predicted molar refractivity (Wildman–Crippen MR) is 112 cm³/mol. The highest BCUT2D eigenvalue weighted by atomic mass is 35.5. The van der Waals surface area contributed by atoms with Gasteiger partial charge >= 0.3 is 0 Å². The summed E-state index contributed by atoms with van der Waals surface area (Å²) in [5.41, 5.74) is 3.21. The van der Waals surface area contributed by atoms with E-state index in [0.29, 0.717) is 10.8 Å². The minimum Gasteiger partial charge on any atom is -0.316 e. The van der Waals surface area contributed by atoms with E-state index in [0.717, 1.165) is 37.1 Å². The fraction of sp³-hybridized carbons (Fsp3) is 0.429. The molecule has 0 aromatic heterocycles. The Kier molecular flexibility index (Phi) is 9.34. The number of hydrogen-bond acceptors (Lipinski definition) is 3. The van der Waals surface area contributed by atoms with E-state index in [-0.39, 0.29) is 18.2 Å². The van der Waals surface area contributed by atoms with Crippen molar-refractivity contribution in [3.63, 3.8) is 0 Å². The van der Waals surface area contributed by atoms with Gasteiger partial charge in [0.2, 0.25) is 0 Å². The second kappa shape index (κ2) is 10.7. The number of benzene rings is 2. The monoisotopic (exact) mass is 395 g/mol. The van der Waals surface area contributed by atoms with Crippen molar-refractivity contribution in [2.45, 2.75) is 50.2 Å². The second-order valence-corrected chi connectivity index (χ2v) is 8.79. The first kappa shape index (κ1) is 22.7. The van der Waals surface area contributed by atoms with Gasteiger partial charge in [-0.15, -0.1) is 12.4 Å². The Balaban J connectivity index is 0.00000338. The van der Waals surface area contributed by atoms with E-state index in [2.05, 4.69) is 26.1 Å². The molecule has 2 rings (SSSR count). The largest absolute Gasteiger partial charge is 0.316 e. The number of sulfone groups is 1. The maximum absolute atomic E-state index is 12.6. The summed E-state index contributed by atoms with van der Waals surface area (Å²) in [7, 11) is -3.31. The van der Waals surface area contributed by atoms with E-state index in [1.165, 1.54) is 5.56 Å². The predicted octanol–water partition coefficient (Wildman–Crippen LogP) is 4.75. The molecule has 0 saturated carbocycles. The summed E-state index contributed by atoms with van der Waals surface area (Å²) in [5.74, 6) is 0.443. The maximum atomic E-state index is 12.6. The van der Waals surface area contributed by atoms with Gasteiger partial charge in [-0.3, -0.25) is 0 Å². The lowest BCUT2D eigenvalue weighted by Gasteiger charge is -2.09. The Labute approximate surface area is 164 Å². The van der Waals surface area contributed by atoms with Crippen molar-refractivity contribution in [1.82, 2.24) is 5.32 Å². The molecule has 0 saturated heterocycles. The third kappa shape index (κ3) is 6.75. The van der Waals surface area contributed by atoms with Crippen LogP contribution in [0.2, 0.25) is 0 Å². The quantitative estimate of drug-likeness (QED) is 0.623. The van der Waals surface area contributed by atoms with Gasteiger partial charge in [-0.1, -0.05) is 57.2 Å². The highest BCUT2D eigenvalue weighted by molar-refractivity contribution is 7.90. The molecule has 2 aromatic carbocycles. The Morgan fingerprint density at radius 3 is 2.00 bits per heavy atom. The molecule has 0 heterocycles. The van der Waals surface area contributed by atoms with Crippen LogP contribution in [0.3, 0.4) is 0 Å². The molecule has 0 amide bonds. The van der Waals surface area contributed by atoms with Crippen LogP contribution in [0.1, 0.15) is 49.8 Å². The van der Waals surface area contributed by atoms with E-state index >= 15 is 0 Å². The SMILES string of the molecule is CCCNCCc1ccc(CS(=O)(=O)c2ccc(C(C)C)cc2)cc1.Cl. The van der Waals surface area contributed by atoms with E-state index in [1.807, 2.05) is 36.4 Å². The van der Waals surface area contributed by atoms with E-state index < -0.39 is 9.84 Å². The Hall–Kier alpha value is -1.36. The van der Waals surface area contributed by atoms with Crippen LogP contribution in [0, 0.1) is 0 Å². The molecular formula is C21H30ClNO2S. The summed E-state index contributed by atoms with van der Waals surface area (Å²) in [6.07, 6.45) is 2.10. The van der Waals surface area contributed by atoms with Crippen LogP contribution in [0.4, 0.5) is 0 Å². The summed E-state index contributed by atoms with van der Waals surface area (Å²) in [5, 5.41) is 3.37. The van der Waals surface area contributed by atoms with Crippen LogP contribution in [0.25, 0.3) is 0 Å². The van der Waals surface area contributed by atoms with Gasteiger partial charge in [0.05, 0.1) is 10.6 Å². The topological polar surface area (TPSA) is 46.2 Å². The van der Waals surface area contributed by atoms with Gasteiger partial charge in [0.15, 0.2) is 9.84 Å². The van der Waals surface area contributed by atoms with Gasteiger partial charge in [-0.25, -0.2) is 8.42 Å². The normalized spacial score (nSPS) is 11.4. The van der Waals surface area contributed by atoms with Crippen LogP contribution in [-0.2, 0) is 22.0 Å². The van der Waals surface area contributed by atoms with Crippen molar-refractivity contribution in [2.24, 2.45) is 0 Å². The van der Waals surface area contributed by atoms with Crippen LogP contribution < -0.4 is 5.32 Å². The lowest BCUT2D eigenvalue weighted by atomic mass is 10.0. The molecule has 3 nitrogen and oxygen atoms in total. The van der Waals surface area contributed by atoms with E-state index in [4.69, 9.17) is 0 Å². The van der Waals surface area contributed by atoms with E-state index in [1.54, 1.807) is 12.1 Å². The van der Waals surface area contributed by atoms with Crippen molar-refractivity contribution in [3.8, 4) is 0 Å². The number of hydrogen-bond donors (Lipinski definition) is 1. The molecule has 0 aliphatic carbocycles. The first-order chi connectivity index (χ1) is 11.9. The zero-order valence-corrected chi connectivity index (χ0v) is 17.5. The molecule has 0 fully saturated rings. The van der Waals surface area contributed by atoms with Gasteiger partial charge in [0.25, 0.3) is 0 Å². The molecule has 0 radical (unpaired) electrons. The third-order valence-electron chi connectivity index (χ3n) is 4.30. The van der Waals surface area contributed by atoms with Crippen molar-refractivity contribution in [3.05, 3.63) is 65.2 Å². The van der Waals surface area contributed by atoms with E-state index in [9.17, 15) is 8.42 Å². The molecule has 0 aliphatic heterocycles. The van der Waals surface area contributed by atoms with Crippen LogP contribution >= 0.6 is 12.4 Å². The summed E-state index contributed by atoms with van der Waals surface area (Å²) >= 11 is 0. The molecule has 0 spiro atoms. The first-order valence-electron chi connectivity index (χ1n) is 9.03. The fourth-order valence-electron chi connectivity index (χ4n) is 2.70. The summed E-state index contributed by atoms with van der Waals surface area (Å²) < 4.78 is 25.2. The zero-order valence-electron chi connectivity index (χ0n) is 15.9. The smallest absolute Gasteiger partial charge is 0.182 e. The minimum atomic E-state index is -3.31. The van der Waals surface area contributed by atoms with Gasteiger partial charge < -0.3 is 5.32 Å². The summed E-state index contributed by atoms with van der Waals surface area (Å²) in [4.78, 5) is 0.393. The lowest BCUT2D eigenvalue weighted by Crippen LogP contribution is -2.17. The van der Waals surface area contributed by atoms with Gasteiger partial charge in [0.1, 0.15) is 0 Å². The number of rotatable bonds is 9. The minimum absolute atomic E-state index is 0. The molecule has 0 aliphatic rings. The second-order valence-electron chi connectivity index (χ2n) is 6.80. The van der Waals surface area contributed by atoms with Crippen molar-refractivity contribution < 1.29 is 8.42 Å². The first-order valence-corrected chi connectivity index (χ1v) is 10.7. The Morgan fingerprint density at radius 2 is 1.46 bits per heavy atom. The molecular weight excluding hydrogens is 366 g/mol. The summed E-state index contributed by atoms with van der Waals surface area (Å²) in [6, 6.07) is 15.2. The van der Waals surface area contributed by atoms with Gasteiger partial charge in [-0.2, -0.15) is 0 Å². The Morgan fingerprint density at radius 1 is 0.885 bits per heavy atom. The summed E-state index contributed by atoms with van der Waals surface area (Å²) in [6.45, 7) is 8.34. The van der Waals surface area contributed by atoms with Crippen LogP contribution in [0.5, 0.6) is 0 Å². The third-order valence-corrected chi connectivity index (χ3v) is 6.01. The van der Waals surface area contributed by atoms with Crippen LogP contribution in [-0.4, -0.2) is 21.5 Å². The number of nitrogens with one attached hydrogen (secondary N) is 1. The van der Waals surface area contributed by atoms with Gasteiger partial charge in [0, 0.05) is 0 Å². The highest BCUT2D eigenvalue weighted by Crippen LogP contribution is 2.20. The maximum Gasteiger partial charge on any atom is 0.182 e. The average Bonchev–Trinajstić information content (AvgIpc) is 2.60. The molecule has 2 aromatic rings. The van der Waals surface area contributed by atoms with Gasteiger partial charge in [-0.05, 0) is 60.7 Å². The molecule has 26 heavy (non-hydrogen) atoms. The Bertz CT molecular complexity index is 754. The highest BCUT2D eigenvalue weighted by Gasteiger charge is 2.15. The van der Waals surface area contributed by atoms with Crippen molar-refractivity contribution >= 4 is 22.2 Å². The molecule has 0 unspecified atom stereocenters. The fourth-order valence-corrected chi connectivity index (χ4v) is 4.05. The molecule has 0 atom stereocenters.